The van der Waals surface area contributed by atoms with Gasteiger partial charge in [0.1, 0.15) is 0 Å². The smallest absolute Gasteiger partial charge is 0.347 e. The summed E-state index contributed by atoms with van der Waals surface area (Å²) in [6.07, 6.45) is -6.53. The van der Waals surface area contributed by atoms with Crippen LogP contribution in [0.15, 0.2) is 59.9 Å². The second kappa shape index (κ2) is 10.6. The maximum absolute atomic E-state index is 13.3. The highest BCUT2D eigenvalue weighted by Crippen LogP contribution is 2.42. The molecule has 226 valence electrons. The summed E-state index contributed by atoms with van der Waals surface area (Å²) in [5, 5.41) is 0. The molecule has 2 aromatic carbocycles. The fourth-order valence-corrected chi connectivity index (χ4v) is 5.59. The fraction of sp³-hybridized carbons (Fsp3) is 0.438. The summed E-state index contributed by atoms with van der Waals surface area (Å²) < 4.78 is 79.6. The second-order valence-corrected chi connectivity index (χ2v) is 12.4. The van der Waals surface area contributed by atoms with Crippen molar-refractivity contribution < 1.29 is 35.9 Å². The Morgan fingerprint density at radius 1 is 0.643 bits per heavy atom. The van der Waals surface area contributed by atoms with E-state index in [1.807, 2.05) is 50.2 Å². The highest BCUT2D eigenvalue weighted by atomic mass is 19.4. The highest BCUT2D eigenvalue weighted by Gasteiger charge is 2.47. The number of alkyl halides is 6. The van der Waals surface area contributed by atoms with Gasteiger partial charge in [0.25, 0.3) is 11.6 Å². The third-order valence-corrected chi connectivity index (χ3v) is 8.33. The Morgan fingerprint density at radius 3 is 1.26 bits per heavy atom. The number of carbonyl (C=O) groups excluding carboxylic acids is 2. The summed E-state index contributed by atoms with van der Waals surface area (Å²) in [4.78, 5) is 27.7. The first-order chi connectivity index (χ1) is 19.2. The molecule has 0 N–H and O–H groups in total. The van der Waals surface area contributed by atoms with Crippen LogP contribution in [0.25, 0.3) is 11.1 Å². The lowest BCUT2D eigenvalue weighted by Crippen LogP contribution is -2.39. The zero-order valence-electron chi connectivity index (χ0n) is 24.4. The molecule has 0 atom stereocenters. The first kappa shape index (κ1) is 31.4. The molecule has 0 saturated heterocycles. The molecule has 0 spiro atoms. The van der Waals surface area contributed by atoms with Gasteiger partial charge in [-0.25, -0.2) is 0 Å². The normalized spacial score (nSPS) is 18.9. The molecule has 42 heavy (non-hydrogen) atoms. The number of allylic oxidation sites excluding steroid dienone is 2. The van der Waals surface area contributed by atoms with E-state index in [9.17, 15) is 35.9 Å². The first-order valence-electron chi connectivity index (χ1n) is 13.6. The van der Waals surface area contributed by atoms with Crippen molar-refractivity contribution in [1.82, 2.24) is 0 Å². The van der Waals surface area contributed by atoms with Gasteiger partial charge in [0.2, 0.25) is 0 Å². The van der Waals surface area contributed by atoms with Crippen LogP contribution in [-0.2, 0) is 9.59 Å². The monoisotopic (exact) mass is 592 g/mol. The van der Waals surface area contributed by atoms with Crippen molar-refractivity contribution in [3.8, 4) is 11.1 Å². The fourth-order valence-electron chi connectivity index (χ4n) is 5.59. The quantitative estimate of drug-likeness (QED) is 0.327. The molecule has 4 nitrogen and oxygen atoms in total. The zero-order chi connectivity index (χ0) is 31.4. The van der Waals surface area contributed by atoms with Gasteiger partial charge < -0.3 is 9.80 Å². The number of hydrogen-bond acceptors (Lipinski definition) is 4. The van der Waals surface area contributed by atoms with Crippen molar-refractivity contribution in [1.29, 1.82) is 0 Å². The molecule has 0 saturated carbocycles. The van der Waals surface area contributed by atoms with Crippen LogP contribution >= 0.6 is 0 Å². The molecule has 0 amide bonds. The van der Waals surface area contributed by atoms with Crippen molar-refractivity contribution in [2.24, 2.45) is 10.8 Å². The number of anilines is 2. The van der Waals surface area contributed by atoms with E-state index in [0.717, 1.165) is 22.3 Å². The van der Waals surface area contributed by atoms with Crippen molar-refractivity contribution in [3.05, 3.63) is 71.1 Å². The molecular formula is C32H34F6N2O2. The summed E-state index contributed by atoms with van der Waals surface area (Å²) in [5.74, 6) is -3.66. The predicted molar refractivity (Wildman–Crippen MR) is 151 cm³/mol. The van der Waals surface area contributed by atoms with Crippen LogP contribution in [0.2, 0.25) is 0 Å². The summed E-state index contributed by atoms with van der Waals surface area (Å²) in [6.45, 7) is 11.1. The summed E-state index contributed by atoms with van der Waals surface area (Å²) >= 11 is 0. The van der Waals surface area contributed by atoms with Gasteiger partial charge >= 0.3 is 12.4 Å². The van der Waals surface area contributed by atoms with E-state index in [0.29, 0.717) is 37.3 Å². The van der Waals surface area contributed by atoms with Crippen LogP contribution in [0.5, 0.6) is 0 Å². The number of carbonyl (C=O) groups is 2. The third-order valence-electron chi connectivity index (χ3n) is 8.33. The maximum Gasteiger partial charge on any atom is 0.454 e. The molecule has 0 aliphatic carbocycles. The van der Waals surface area contributed by atoms with E-state index in [4.69, 9.17) is 0 Å². The van der Waals surface area contributed by atoms with Crippen LogP contribution in [0.3, 0.4) is 0 Å². The number of benzene rings is 2. The minimum Gasteiger partial charge on any atom is -0.347 e. The Bertz CT molecular complexity index is 1370. The molecule has 2 aliphatic rings. The van der Waals surface area contributed by atoms with Crippen LogP contribution < -0.4 is 9.80 Å². The summed E-state index contributed by atoms with van der Waals surface area (Å²) in [7, 11) is 0. The number of rotatable bonds is 5. The van der Waals surface area contributed by atoms with Gasteiger partial charge in [-0.05, 0) is 84.0 Å². The molecule has 10 heteroatoms. The van der Waals surface area contributed by atoms with E-state index < -0.39 is 34.7 Å². The average Bonchev–Trinajstić information content (AvgIpc) is 2.87. The van der Waals surface area contributed by atoms with Gasteiger partial charge in [0.15, 0.2) is 0 Å². The highest BCUT2D eigenvalue weighted by molar-refractivity contribution is 6.02. The first-order valence-corrected chi connectivity index (χ1v) is 13.6. The Morgan fingerprint density at radius 2 is 0.976 bits per heavy atom. The third kappa shape index (κ3) is 6.13. The van der Waals surface area contributed by atoms with Crippen LogP contribution in [0.4, 0.5) is 37.7 Å². The molecule has 4 rings (SSSR count). The summed E-state index contributed by atoms with van der Waals surface area (Å²) in [6, 6.07) is 11.1. The van der Waals surface area contributed by atoms with Crippen molar-refractivity contribution in [2.45, 2.75) is 66.7 Å². The summed E-state index contributed by atoms with van der Waals surface area (Å²) in [5.41, 5.74) is 2.34. The number of aryl methyl sites for hydroxylation is 2. The Kier molecular flexibility index (Phi) is 7.93. The molecule has 0 aromatic heterocycles. The molecule has 0 fully saturated rings. The van der Waals surface area contributed by atoms with Gasteiger partial charge in [-0.3, -0.25) is 9.59 Å². The van der Waals surface area contributed by atoms with Gasteiger partial charge in [-0.1, -0.05) is 39.8 Å². The molecular weight excluding hydrogens is 558 g/mol. The van der Waals surface area contributed by atoms with E-state index >= 15 is 0 Å². The van der Waals surface area contributed by atoms with E-state index in [2.05, 4.69) is 0 Å². The minimum atomic E-state index is -4.95. The van der Waals surface area contributed by atoms with Crippen LogP contribution in [0, 0.1) is 24.7 Å². The largest absolute Gasteiger partial charge is 0.454 e. The van der Waals surface area contributed by atoms with Crippen molar-refractivity contribution >= 4 is 22.9 Å². The molecule has 2 heterocycles. The standard InChI is InChI=1S/C32H34F6N2O2/c1-19-15-21(7-9-25(19)39-13-11-29(3,4)23(17-39)27(41)31(33,34)35)22-8-10-26(20(2)16-22)40-14-12-30(5,6)24(18-40)28(42)32(36,37)38/h7-10,15-18H,11-14H2,1-6H3. The van der Waals surface area contributed by atoms with E-state index in [-0.39, 0.29) is 11.1 Å². The van der Waals surface area contributed by atoms with Gasteiger partial charge in [0, 0.05) is 48.0 Å². The zero-order valence-corrected chi connectivity index (χ0v) is 24.4. The SMILES string of the molecule is Cc1cc(-c2ccc(N3C=C(C(=O)C(F)(F)F)C(C)(C)CC3)c(C)c2)ccc1N1C=C(C(=O)C(F)(F)F)C(C)(C)CC1. The topological polar surface area (TPSA) is 40.6 Å². The minimum absolute atomic E-state index is 0.272. The Balaban J connectivity index is 1.63. The molecule has 0 unspecified atom stereocenters. The molecule has 0 radical (unpaired) electrons. The predicted octanol–water partition coefficient (Wildman–Crippen LogP) is 8.47. The van der Waals surface area contributed by atoms with E-state index in [1.54, 1.807) is 37.5 Å². The lowest BCUT2D eigenvalue weighted by molar-refractivity contribution is -0.167. The number of ketones is 2. The van der Waals surface area contributed by atoms with Gasteiger partial charge in [-0.15, -0.1) is 0 Å². The van der Waals surface area contributed by atoms with Gasteiger partial charge in [-0.2, -0.15) is 26.3 Å². The molecule has 2 aliphatic heterocycles. The molecule has 2 aromatic rings. The maximum atomic E-state index is 13.3. The lowest BCUT2D eigenvalue weighted by Gasteiger charge is -2.38. The van der Waals surface area contributed by atoms with Crippen molar-refractivity contribution in [3.63, 3.8) is 0 Å². The number of nitrogens with zero attached hydrogens (tertiary/aromatic N) is 2. The van der Waals surface area contributed by atoms with Gasteiger partial charge in [0.05, 0.1) is 0 Å². The van der Waals surface area contributed by atoms with Crippen LogP contribution in [0.1, 0.15) is 51.7 Å². The second-order valence-electron chi connectivity index (χ2n) is 12.4. The number of Topliss-reactive ketones (excluding diaryl/α,β-unsaturated/α-hetero) is 2. The average molecular weight is 593 g/mol. The Labute approximate surface area is 241 Å². The number of hydrogen-bond donors (Lipinski definition) is 0. The molecule has 0 bridgehead atoms. The lowest BCUT2D eigenvalue weighted by atomic mass is 9.77. The van der Waals surface area contributed by atoms with Crippen LogP contribution in [-0.4, -0.2) is 37.0 Å². The Hall–Kier alpha value is -3.56. The number of halogens is 6. The van der Waals surface area contributed by atoms with E-state index in [1.165, 1.54) is 12.4 Å². The van der Waals surface area contributed by atoms with Crippen molar-refractivity contribution in [2.75, 3.05) is 22.9 Å².